The number of nitrogens with one attached hydrogen (secondary N) is 2. The van der Waals surface area contributed by atoms with E-state index >= 15 is 4.39 Å². The summed E-state index contributed by atoms with van der Waals surface area (Å²) in [6, 6.07) is 17.4. The van der Waals surface area contributed by atoms with Gasteiger partial charge in [0.1, 0.15) is 17.5 Å². The van der Waals surface area contributed by atoms with E-state index in [0.717, 1.165) is 6.20 Å². The molecular weight excluding hydrogens is 591 g/mol. The Kier molecular flexibility index (Phi) is 9.74. The molecule has 2 unspecified atom stereocenters. The van der Waals surface area contributed by atoms with Gasteiger partial charge in [-0.1, -0.05) is 42.5 Å². The topological polar surface area (TPSA) is 117 Å². The molecule has 12 heteroatoms. The van der Waals surface area contributed by atoms with Gasteiger partial charge in [0.15, 0.2) is 0 Å². The molecule has 3 aromatic carbocycles. The Balaban J connectivity index is 1.37. The fraction of sp³-hybridized carbons (Fsp3) is 0.250. The van der Waals surface area contributed by atoms with Gasteiger partial charge in [0, 0.05) is 37.2 Å². The van der Waals surface area contributed by atoms with E-state index in [1.165, 1.54) is 59.0 Å². The number of hydrogen-bond donors (Lipinski definition) is 3. The first kappa shape index (κ1) is 31.3. The van der Waals surface area contributed by atoms with Crippen LogP contribution >= 0.6 is 0 Å². The molecule has 0 radical (unpaired) electrons. The number of carbonyl (C=O) groups is 1. The molecule has 0 bridgehead atoms. The van der Waals surface area contributed by atoms with Crippen molar-refractivity contribution in [1.29, 1.82) is 0 Å². The average Bonchev–Trinajstić information content (AvgIpc) is 3.01. The molecule has 4 aromatic rings. The van der Waals surface area contributed by atoms with E-state index in [0.29, 0.717) is 24.2 Å². The number of aromatic nitrogens is 1. The summed E-state index contributed by atoms with van der Waals surface area (Å²) in [6.45, 7) is 1.10. The molecule has 44 heavy (non-hydrogen) atoms. The minimum Gasteiger partial charge on any atom is -0.323 e. The predicted molar refractivity (Wildman–Crippen MR) is 161 cm³/mol. The number of carbonyl (C=O) groups excluding carboxylic acids is 1. The number of nitrogens with zero attached hydrogens (tertiary/aromatic N) is 2. The average molecular weight is 624 g/mol. The van der Waals surface area contributed by atoms with E-state index in [4.69, 9.17) is 5.73 Å². The molecule has 0 aliphatic carbocycles. The molecule has 1 aliphatic heterocycles. The maximum atomic E-state index is 15.2. The number of hydrogen-bond acceptors (Lipinski definition) is 6. The lowest BCUT2D eigenvalue weighted by Crippen LogP contribution is -2.53. The van der Waals surface area contributed by atoms with Crippen molar-refractivity contribution >= 4 is 21.6 Å². The second kappa shape index (κ2) is 13.7. The molecule has 5 rings (SSSR count). The highest BCUT2D eigenvalue weighted by atomic mass is 32.2. The Bertz CT molecular complexity index is 1680. The van der Waals surface area contributed by atoms with E-state index in [2.05, 4.69) is 15.6 Å². The highest BCUT2D eigenvalue weighted by Crippen LogP contribution is 2.30. The molecule has 1 aliphatic rings. The zero-order chi connectivity index (χ0) is 31.3. The molecule has 1 saturated heterocycles. The van der Waals surface area contributed by atoms with Gasteiger partial charge in [-0.25, -0.2) is 21.6 Å². The van der Waals surface area contributed by atoms with Crippen molar-refractivity contribution < 1.29 is 26.4 Å². The van der Waals surface area contributed by atoms with Gasteiger partial charge in [-0.2, -0.15) is 4.31 Å². The number of anilines is 1. The minimum absolute atomic E-state index is 0.0731. The number of halogens is 3. The van der Waals surface area contributed by atoms with Crippen LogP contribution in [0, 0.1) is 17.5 Å². The Hall–Kier alpha value is -4.10. The van der Waals surface area contributed by atoms with Gasteiger partial charge < -0.3 is 16.4 Å². The second-order valence-corrected chi connectivity index (χ2v) is 12.5. The molecule has 230 valence electrons. The van der Waals surface area contributed by atoms with Crippen LogP contribution in [-0.4, -0.2) is 55.3 Å². The summed E-state index contributed by atoms with van der Waals surface area (Å²) in [7, 11) is -3.79. The van der Waals surface area contributed by atoms with Crippen LogP contribution in [0.5, 0.6) is 0 Å². The van der Waals surface area contributed by atoms with Gasteiger partial charge in [-0.3, -0.25) is 9.78 Å². The lowest BCUT2D eigenvalue weighted by atomic mass is 9.85. The highest BCUT2D eigenvalue weighted by molar-refractivity contribution is 7.89. The number of amides is 1. The zero-order valence-corrected chi connectivity index (χ0v) is 24.5. The van der Waals surface area contributed by atoms with Gasteiger partial charge in [0.2, 0.25) is 15.9 Å². The highest BCUT2D eigenvalue weighted by Gasteiger charge is 2.34. The van der Waals surface area contributed by atoms with E-state index in [-0.39, 0.29) is 35.5 Å². The van der Waals surface area contributed by atoms with Crippen LogP contribution < -0.4 is 16.4 Å². The van der Waals surface area contributed by atoms with Crippen LogP contribution in [0.15, 0.2) is 96.2 Å². The first-order valence-electron chi connectivity index (χ1n) is 14.1. The summed E-state index contributed by atoms with van der Waals surface area (Å²) in [5.41, 5.74) is 7.35. The van der Waals surface area contributed by atoms with Crippen molar-refractivity contribution in [1.82, 2.24) is 14.6 Å². The van der Waals surface area contributed by atoms with Crippen molar-refractivity contribution in [2.24, 2.45) is 5.73 Å². The van der Waals surface area contributed by atoms with E-state index < -0.39 is 51.4 Å². The zero-order valence-electron chi connectivity index (χ0n) is 23.7. The minimum atomic E-state index is -3.79. The van der Waals surface area contributed by atoms with Crippen molar-refractivity contribution in [3.63, 3.8) is 0 Å². The summed E-state index contributed by atoms with van der Waals surface area (Å²) in [6.07, 6.45) is 2.65. The quantitative estimate of drug-likeness (QED) is 0.244. The van der Waals surface area contributed by atoms with Gasteiger partial charge in [0.05, 0.1) is 29.0 Å². The van der Waals surface area contributed by atoms with Crippen molar-refractivity contribution in [2.45, 2.75) is 35.7 Å². The monoisotopic (exact) mass is 623 g/mol. The number of piperazine rings is 1. The van der Waals surface area contributed by atoms with Crippen molar-refractivity contribution in [3.05, 3.63) is 125 Å². The van der Waals surface area contributed by atoms with Crippen LogP contribution in [0.3, 0.4) is 0 Å². The third-order valence-corrected chi connectivity index (χ3v) is 9.68. The van der Waals surface area contributed by atoms with Gasteiger partial charge >= 0.3 is 0 Å². The molecule has 2 atom stereocenters. The smallest absolute Gasteiger partial charge is 0.243 e. The normalized spacial score (nSPS) is 16.5. The van der Waals surface area contributed by atoms with E-state index in [1.807, 2.05) is 0 Å². The number of rotatable bonds is 10. The summed E-state index contributed by atoms with van der Waals surface area (Å²) in [5, 5.41) is 5.85. The Labute approximate surface area is 254 Å². The maximum absolute atomic E-state index is 15.2. The first-order chi connectivity index (χ1) is 21.1. The largest absolute Gasteiger partial charge is 0.323 e. The van der Waals surface area contributed by atoms with Crippen LogP contribution in [0.1, 0.15) is 29.0 Å². The fourth-order valence-corrected chi connectivity index (χ4v) is 7.22. The SMILES string of the molecule is NC(C(=O)Nc1cncc(F)c1CCC1CNCCN1S(=O)(=O)c1ccccc1)C(c1cccc(F)c1)c1cccc(F)c1. The van der Waals surface area contributed by atoms with Gasteiger partial charge in [0.25, 0.3) is 0 Å². The number of nitrogens with two attached hydrogens (primary N) is 1. The number of sulfonamides is 1. The van der Waals surface area contributed by atoms with Crippen molar-refractivity contribution in [2.75, 3.05) is 25.0 Å². The van der Waals surface area contributed by atoms with Crippen LogP contribution in [-0.2, 0) is 21.2 Å². The standard InChI is InChI=1S/C32H32F3N5O3S/c33-23-8-4-6-21(16-23)30(22-7-5-9-24(34)17-22)31(36)32(41)39-29-20-38-19-28(35)27(29)13-12-25-18-37-14-15-40(25)44(42,43)26-10-2-1-3-11-26/h1-11,16-17,19-20,25,30-31,37H,12-15,18,36H2,(H,39,41). The molecule has 1 amide bonds. The second-order valence-electron chi connectivity index (χ2n) is 10.6. The maximum Gasteiger partial charge on any atom is 0.243 e. The molecule has 0 saturated carbocycles. The summed E-state index contributed by atoms with van der Waals surface area (Å²) in [4.78, 5) is 17.6. The number of pyridine rings is 1. The summed E-state index contributed by atoms with van der Waals surface area (Å²) < 4.78 is 71.7. The van der Waals surface area contributed by atoms with E-state index in [9.17, 15) is 22.0 Å². The molecular formula is C32H32F3N5O3S. The molecule has 0 spiro atoms. The third kappa shape index (κ3) is 6.99. The molecule has 4 N–H and O–H groups in total. The molecule has 1 fully saturated rings. The van der Waals surface area contributed by atoms with Crippen LogP contribution in [0.2, 0.25) is 0 Å². The lowest BCUT2D eigenvalue weighted by molar-refractivity contribution is -0.117. The predicted octanol–water partition coefficient (Wildman–Crippen LogP) is 4.19. The molecule has 1 aromatic heterocycles. The van der Waals surface area contributed by atoms with Crippen LogP contribution in [0.4, 0.5) is 18.9 Å². The Morgan fingerprint density at radius 3 is 2.27 bits per heavy atom. The molecule has 2 heterocycles. The Morgan fingerprint density at radius 1 is 0.977 bits per heavy atom. The third-order valence-electron chi connectivity index (χ3n) is 7.71. The van der Waals surface area contributed by atoms with Gasteiger partial charge in [-0.15, -0.1) is 0 Å². The first-order valence-corrected chi connectivity index (χ1v) is 15.6. The van der Waals surface area contributed by atoms with Crippen LogP contribution in [0.25, 0.3) is 0 Å². The number of benzene rings is 3. The molecule has 8 nitrogen and oxygen atoms in total. The fourth-order valence-electron chi connectivity index (χ4n) is 5.54. The van der Waals surface area contributed by atoms with Gasteiger partial charge in [-0.05, 0) is 60.4 Å². The summed E-state index contributed by atoms with van der Waals surface area (Å²) >= 11 is 0. The Morgan fingerprint density at radius 2 is 1.64 bits per heavy atom. The van der Waals surface area contributed by atoms with E-state index in [1.54, 1.807) is 30.3 Å². The summed E-state index contributed by atoms with van der Waals surface area (Å²) in [5.74, 6) is -3.41. The van der Waals surface area contributed by atoms with Crippen molar-refractivity contribution in [3.8, 4) is 0 Å². The lowest BCUT2D eigenvalue weighted by Gasteiger charge is -2.35.